The first kappa shape index (κ1) is 17.7. The van der Waals surface area contributed by atoms with E-state index in [1.165, 1.54) is 20.3 Å². The van der Waals surface area contributed by atoms with Crippen molar-refractivity contribution in [3.63, 3.8) is 0 Å². The number of esters is 3. The summed E-state index contributed by atoms with van der Waals surface area (Å²) in [6, 6.07) is 0. The van der Waals surface area contributed by atoms with Gasteiger partial charge in [0.15, 0.2) is 0 Å². The first-order chi connectivity index (χ1) is 10.3. The third-order valence-corrected chi connectivity index (χ3v) is 3.60. The highest BCUT2D eigenvalue weighted by molar-refractivity contribution is 7.18. The molecule has 7 nitrogen and oxygen atoms in total. The summed E-state index contributed by atoms with van der Waals surface area (Å²) >= 11 is 0.879. The molecule has 0 spiro atoms. The van der Waals surface area contributed by atoms with Crippen molar-refractivity contribution in [2.45, 2.75) is 20.5 Å². The number of nitrogens with two attached hydrogens (primary N) is 1. The Morgan fingerprint density at radius 2 is 1.73 bits per heavy atom. The summed E-state index contributed by atoms with van der Waals surface area (Å²) in [7, 11) is 2.39. The van der Waals surface area contributed by atoms with Crippen LogP contribution in [0.5, 0.6) is 0 Å². The van der Waals surface area contributed by atoms with Crippen molar-refractivity contribution >= 4 is 34.2 Å². The normalized spacial score (nSPS) is 9.82. The zero-order valence-corrected chi connectivity index (χ0v) is 13.5. The predicted molar refractivity (Wildman–Crippen MR) is 80.6 cm³/mol. The van der Waals surface area contributed by atoms with E-state index in [4.69, 9.17) is 10.5 Å². The highest BCUT2D eigenvalue weighted by Gasteiger charge is 2.27. The highest BCUT2D eigenvalue weighted by Crippen LogP contribution is 2.33. The molecule has 1 aromatic heterocycles. The standard InChI is InChI=1S/C14H17NO6S/c1-7(2)5-9(16)21-6-8-10(13(17)19-3)12(15)22-11(8)14(18)20-4/h5H,6,15H2,1-4H3. The first-order valence-corrected chi connectivity index (χ1v) is 7.02. The number of anilines is 1. The molecule has 0 bridgehead atoms. The molecule has 0 radical (unpaired) electrons. The van der Waals surface area contributed by atoms with Crippen LogP contribution in [0.1, 0.15) is 39.4 Å². The van der Waals surface area contributed by atoms with Crippen molar-refractivity contribution < 1.29 is 28.6 Å². The Bertz CT molecular complexity index is 628. The number of thiophene rings is 1. The number of rotatable bonds is 5. The van der Waals surface area contributed by atoms with E-state index in [9.17, 15) is 14.4 Å². The average Bonchev–Trinajstić information content (AvgIpc) is 2.79. The molecule has 1 heterocycles. The van der Waals surface area contributed by atoms with E-state index in [1.807, 2.05) is 0 Å². The molecule has 1 rings (SSSR count). The molecule has 1 aromatic rings. The fourth-order valence-corrected chi connectivity index (χ4v) is 2.61. The molecule has 0 fully saturated rings. The zero-order valence-electron chi connectivity index (χ0n) is 12.7. The summed E-state index contributed by atoms with van der Waals surface area (Å²) in [6.45, 7) is 3.19. The minimum atomic E-state index is -0.711. The Balaban J connectivity index is 3.18. The number of ether oxygens (including phenoxy) is 3. The Morgan fingerprint density at radius 3 is 2.23 bits per heavy atom. The molecule has 8 heteroatoms. The van der Waals surface area contributed by atoms with Crippen LogP contribution in [0.2, 0.25) is 0 Å². The van der Waals surface area contributed by atoms with E-state index in [-0.39, 0.29) is 27.6 Å². The maximum absolute atomic E-state index is 11.8. The lowest BCUT2D eigenvalue weighted by Gasteiger charge is -2.06. The average molecular weight is 327 g/mol. The van der Waals surface area contributed by atoms with Crippen LogP contribution in [0.25, 0.3) is 0 Å². The molecule has 0 saturated carbocycles. The number of methoxy groups -OCH3 is 2. The summed E-state index contributed by atoms with van der Waals surface area (Å²) < 4.78 is 14.3. The van der Waals surface area contributed by atoms with Gasteiger partial charge in [-0.15, -0.1) is 11.3 Å². The van der Waals surface area contributed by atoms with E-state index in [0.29, 0.717) is 0 Å². The van der Waals surface area contributed by atoms with Gasteiger partial charge in [-0.25, -0.2) is 14.4 Å². The molecular weight excluding hydrogens is 310 g/mol. The molecule has 120 valence electrons. The summed E-state index contributed by atoms with van der Waals surface area (Å²) in [5.74, 6) is -1.96. The summed E-state index contributed by atoms with van der Waals surface area (Å²) in [5, 5.41) is 0.0977. The Hall–Kier alpha value is -2.35. The van der Waals surface area contributed by atoms with Gasteiger partial charge in [0.1, 0.15) is 22.0 Å². The molecule has 0 atom stereocenters. The number of allylic oxidation sites excluding steroid dienone is 1. The van der Waals surface area contributed by atoms with Gasteiger partial charge >= 0.3 is 17.9 Å². The maximum Gasteiger partial charge on any atom is 0.348 e. The second-order valence-corrected chi connectivity index (χ2v) is 5.51. The van der Waals surface area contributed by atoms with Gasteiger partial charge in [-0.3, -0.25) is 0 Å². The van der Waals surface area contributed by atoms with Crippen LogP contribution >= 0.6 is 11.3 Å². The topological polar surface area (TPSA) is 105 Å². The van der Waals surface area contributed by atoms with Crippen LogP contribution in [-0.4, -0.2) is 32.1 Å². The van der Waals surface area contributed by atoms with Gasteiger partial charge < -0.3 is 19.9 Å². The number of carbonyl (C=O) groups is 3. The third-order valence-electron chi connectivity index (χ3n) is 2.56. The van der Waals surface area contributed by atoms with Crippen molar-refractivity contribution in [1.82, 2.24) is 0 Å². The third kappa shape index (κ3) is 4.08. The van der Waals surface area contributed by atoms with E-state index < -0.39 is 17.9 Å². The molecule has 0 aliphatic rings. The molecular formula is C14H17NO6S. The lowest BCUT2D eigenvalue weighted by molar-refractivity contribution is -0.139. The number of hydrogen-bond donors (Lipinski definition) is 1. The number of hydrogen-bond acceptors (Lipinski definition) is 8. The zero-order chi connectivity index (χ0) is 16.9. The SMILES string of the molecule is COC(=O)c1sc(N)c(C(=O)OC)c1COC(=O)C=C(C)C. The van der Waals surface area contributed by atoms with Crippen LogP contribution in [0.4, 0.5) is 5.00 Å². The maximum atomic E-state index is 11.8. The van der Waals surface area contributed by atoms with E-state index in [1.54, 1.807) is 13.8 Å². The fourth-order valence-electron chi connectivity index (χ4n) is 1.63. The van der Waals surface area contributed by atoms with Crippen LogP contribution in [-0.2, 0) is 25.6 Å². The minimum Gasteiger partial charge on any atom is -0.465 e. The van der Waals surface area contributed by atoms with Crippen molar-refractivity contribution in [3.8, 4) is 0 Å². The minimum absolute atomic E-state index is 0.0119. The quantitative estimate of drug-likeness (QED) is 0.500. The molecule has 0 amide bonds. The summed E-state index contributed by atoms with van der Waals surface area (Å²) in [5.41, 5.74) is 6.71. The van der Waals surface area contributed by atoms with Gasteiger partial charge in [0, 0.05) is 11.6 Å². The van der Waals surface area contributed by atoms with Crippen molar-refractivity contribution in [2.75, 3.05) is 20.0 Å². The molecule has 0 aliphatic carbocycles. The second kappa shape index (κ2) is 7.60. The molecule has 0 saturated heterocycles. The van der Waals surface area contributed by atoms with Gasteiger partial charge in [-0.2, -0.15) is 0 Å². The Kier molecular flexibility index (Phi) is 6.11. The largest absolute Gasteiger partial charge is 0.465 e. The monoisotopic (exact) mass is 327 g/mol. The molecule has 2 N–H and O–H groups in total. The fraction of sp³-hybridized carbons (Fsp3) is 0.357. The molecule has 22 heavy (non-hydrogen) atoms. The molecule has 0 aromatic carbocycles. The van der Waals surface area contributed by atoms with E-state index >= 15 is 0 Å². The first-order valence-electron chi connectivity index (χ1n) is 6.21. The van der Waals surface area contributed by atoms with E-state index in [2.05, 4.69) is 9.47 Å². The van der Waals surface area contributed by atoms with Gasteiger partial charge in [0.2, 0.25) is 0 Å². The van der Waals surface area contributed by atoms with Gasteiger partial charge in [-0.1, -0.05) is 5.57 Å². The van der Waals surface area contributed by atoms with Crippen LogP contribution < -0.4 is 5.73 Å². The van der Waals surface area contributed by atoms with Gasteiger partial charge in [0.05, 0.1) is 14.2 Å². The van der Waals surface area contributed by atoms with E-state index in [0.717, 1.165) is 16.9 Å². The highest BCUT2D eigenvalue weighted by atomic mass is 32.1. The Morgan fingerprint density at radius 1 is 1.14 bits per heavy atom. The van der Waals surface area contributed by atoms with Crippen molar-refractivity contribution in [2.24, 2.45) is 0 Å². The van der Waals surface area contributed by atoms with Crippen LogP contribution in [0, 0.1) is 0 Å². The van der Waals surface area contributed by atoms with Crippen molar-refractivity contribution in [3.05, 3.63) is 27.7 Å². The second-order valence-electron chi connectivity index (χ2n) is 4.46. The number of nitrogen functional groups attached to an aromatic ring is 1. The summed E-state index contributed by atoms with van der Waals surface area (Å²) in [4.78, 5) is 35.2. The molecule has 0 aliphatic heterocycles. The van der Waals surface area contributed by atoms with Gasteiger partial charge in [-0.05, 0) is 13.8 Å². The van der Waals surface area contributed by atoms with Crippen LogP contribution in [0.3, 0.4) is 0 Å². The lowest BCUT2D eigenvalue weighted by atomic mass is 10.1. The summed E-state index contributed by atoms with van der Waals surface area (Å²) in [6.07, 6.45) is 1.30. The van der Waals surface area contributed by atoms with Gasteiger partial charge in [0.25, 0.3) is 0 Å². The number of carbonyl (C=O) groups excluding carboxylic acids is 3. The smallest absolute Gasteiger partial charge is 0.348 e. The molecule has 0 unspecified atom stereocenters. The Labute approximate surface area is 131 Å². The lowest BCUT2D eigenvalue weighted by Crippen LogP contribution is -2.12. The predicted octanol–water partition coefficient (Wildman–Crippen LogP) is 1.91. The van der Waals surface area contributed by atoms with Crippen LogP contribution in [0.15, 0.2) is 11.6 Å². The van der Waals surface area contributed by atoms with Crippen molar-refractivity contribution in [1.29, 1.82) is 0 Å².